The molecule has 1 aliphatic carbocycles. The summed E-state index contributed by atoms with van der Waals surface area (Å²) < 4.78 is 0. The van der Waals surface area contributed by atoms with Gasteiger partial charge in [-0.25, -0.2) is 0 Å². The minimum absolute atomic E-state index is 0.773. The van der Waals surface area contributed by atoms with Crippen molar-refractivity contribution < 1.29 is 0 Å². The fourth-order valence-corrected chi connectivity index (χ4v) is 3.14. The van der Waals surface area contributed by atoms with Gasteiger partial charge in [-0.3, -0.25) is 0 Å². The molecule has 1 atom stereocenters. The lowest BCUT2D eigenvalue weighted by atomic mass is 9.87. The van der Waals surface area contributed by atoms with Crippen LogP contribution in [0.3, 0.4) is 0 Å². The van der Waals surface area contributed by atoms with Crippen LogP contribution in [0.5, 0.6) is 0 Å². The van der Waals surface area contributed by atoms with E-state index in [2.05, 4.69) is 38.2 Å². The van der Waals surface area contributed by atoms with E-state index in [1.165, 1.54) is 51.6 Å². The van der Waals surface area contributed by atoms with Gasteiger partial charge in [0.05, 0.1) is 0 Å². The Labute approximate surface area is 115 Å². The molecule has 0 saturated heterocycles. The Morgan fingerprint density at radius 1 is 1.17 bits per heavy atom. The van der Waals surface area contributed by atoms with Crippen LogP contribution in [-0.4, -0.2) is 38.6 Å². The predicted octanol–water partition coefficient (Wildman–Crippen LogP) is 3.38. The molecule has 0 aromatic heterocycles. The first-order valence-electron chi connectivity index (χ1n) is 7.96. The number of nitrogens with zero attached hydrogens (tertiary/aromatic N) is 1. The maximum absolute atomic E-state index is 3.33. The van der Waals surface area contributed by atoms with E-state index in [1.54, 1.807) is 0 Å². The van der Waals surface area contributed by atoms with E-state index in [1.807, 2.05) is 0 Å². The van der Waals surface area contributed by atoms with Gasteiger partial charge < -0.3 is 10.2 Å². The van der Waals surface area contributed by atoms with Gasteiger partial charge in [-0.1, -0.05) is 46.0 Å². The topological polar surface area (TPSA) is 15.3 Å². The molecule has 0 aromatic carbocycles. The molecule has 2 nitrogen and oxygen atoms in total. The quantitative estimate of drug-likeness (QED) is 0.714. The molecule has 0 heterocycles. The lowest BCUT2D eigenvalue weighted by Gasteiger charge is -2.29. The molecule has 18 heavy (non-hydrogen) atoms. The van der Waals surface area contributed by atoms with Crippen LogP contribution in [0, 0.1) is 17.8 Å². The lowest BCUT2D eigenvalue weighted by molar-refractivity contribution is 0.210. The first-order valence-corrected chi connectivity index (χ1v) is 7.96. The first kappa shape index (κ1) is 16.0. The third-order valence-corrected chi connectivity index (χ3v) is 4.60. The molecule has 1 rings (SSSR count). The van der Waals surface area contributed by atoms with Gasteiger partial charge in [0.15, 0.2) is 0 Å². The van der Waals surface area contributed by atoms with Crippen molar-refractivity contribution >= 4 is 0 Å². The molecule has 0 aliphatic heterocycles. The summed E-state index contributed by atoms with van der Waals surface area (Å²) in [6, 6.07) is 0. The average molecular weight is 254 g/mol. The van der Waals surface area contributed by atoms with Crippen LogP contribution in [0.2, 0.25) is 0 Å². The zero-order chi connectivity index (χ0) is 13.4. The van der Waals surface area contributed by atoms with Crippen molar-refractivity contribution in [3.05, 3.63) is 0 Å². The molecule has 1 aliphatic rings. The van der Waals surface area contributed by atoms with Gasteiger partial charge in [-0.05, 0) is 51.4 Å². The van der Waals surface area contributed by atoms with Gasteiger partial charge in [0.2, 0.25) is 0 Å². The molecule has 0 spiro atoms. The number of nitrogens with one attached hydrogen (secondary N) is 1. The van der Waals surface area contributed by atoms with Crippen LogP contribution in [0.4, 0.5) is 0 Å². The van der Waals surface area contributed by atoms with Crippen molar-refractivity contribution in [2.45, 2.75) is 52.4 Å². The summed E-state index contributed by atoms with van der Waals surface area (Å²) >= 11 is 0. The molecule has 1 fully saturated rings. The van der Waals surface area contributed by atoms with E-state index in [-0.39, 0.29) is 0 Å². The second kappa shape index (κ2) is 8.92. The second-order valence-electron chi connectivity index (χ2n) is 6.62. The monoisotopic (exact) mass is 254 g/mol. The smallest absolute Gasteiger partial charge is 0.00212 e. The van der Waals surface area contributed by atoms with Crippen molar-refractivity contribution in [3.63, 3.8) is 0 Å². The fraction of sp³-hybridized carbons (Fsp3) is 1.00. The molecule has 2 heteroatoms. The second-order valence-corrected chi connectivity index (χ2v) is 6.62. The highest BCUT2D eigenvalue weighted by atomic mass is 15.1. The molecule has 0 aromatic rings. The molecule has 0 bridgehead atoms. The summed E-state index contributed by atoms with van der Waals surface area (Å²) in [4.78, 5) is 2.55. The van der Waals surface area contributed by atoms with Crippen LogP contribution >= 0.6 is 0 Å². The minimum atomic E-state index is 0.773. The van der Waals surface area contributed by atoms with Crippen LogP contribution in [0.1, 0.15) is 52.4 Å². The standard InChI is InChI=1S/C16H34N2/c1-14(2)16(12-17-3)13-18(4)11-10-15-8-6-5-7-9-15/h14-17H,5-13H2,1-4H3. The summed E-state index contributed by atoms with van der Waals surface area (Å²) in [6.45, 7) is 8.36. The van der Waals surface area contributed by atoms with Crippen molar-refractivity contribution in [1.82, 2.24) is 10.2 Å². The lowest BCUT2D eigenvalue weighted by Crippen LogP contribution is -2.35. The molecule has 108 valence electrons. The zero-order valence-electron chi connectivity index (χ0n) is 13.0. The molecule has 1 N–H and O–H groups in total. The Morgan fingerprint density at radius 2 is 1.83 bits per heavy atom. The first-order chi connectivity index (χ1) is 8.63. The number of hydrogen-bond acceptors (Lipinski definition) is 2. The van der Waals surface area contributed by atoms with Gasteiger partial charge in [-0.2, -0.15) is 0 Å². The van der Waals surface area contributed by atoms with Gasteiger partial charge >= 0.3 is 0 Å². The van der Waals surface area contributed by atoms with E-state index in [4.69, 9.17) is 0 Å². The summed E-state index contributed by atoms with van der Waals surface area (Å²) in [5.41, 5.74) is 0. The van der Waals surface area contributed by atoms with Gasteiger partial charge in [-0.15, -0.1) is 0 Å². The van der Waals surface area contributed by atoms with E-state index in [0.29, 0.717) is 0 Å². The Kier molecular flexibility index (Phi) is 7.92. The molecule has 1 unspecified atom stereocenters. The van der Waals surface area contributed by atoms with Crippen LogP contribution in [0.25, 0.3) is 0 Å². The SMILES string of the molecule is CNCC(CN(C)CCC1CCCCC1)C(C)C. The maximum atomic E-state index is 3.33. The highest BCUT2D eigenvalue weighted by Crippen LogP contribution is 2.26. The summed E-state index contributed by atoms with van der Waals surface area (Å²) in [5, 5.41) is 3.33. The molecule has 1 saturated carbocycles. The Bertz CT molecular complexity index is 197. The Hall–Kier alpha value is -0.0800. The van der Waals surface area contributed by atoms with Gasteiger partial charge in [0.1, 0.15) is 0 Å². The number of hydrogen-bond donors (Lipinski definition) is 1. The Balaban J connectivity index is 2.19. The minimum Gasteiger partial charge on any atom is -0.319 e. The highest BCUT2D eigenvalue weighted by molar-refractivity contribution is 4.71. The highest BCUT2D eigenvalue weighted by Gasteiger charge is 2.17. The third-order valence-electron chi connectivity index (χ3n) is 4.60. The van der Waals surface area contributed by atoms with E-state index in [0.717, 1.165) is 24.3 Å². The fourth-order valence-electron chi connectivity index (χ4n) is 3.14. The van der Waals surface area contributed by atoms with Crippen LogP contribution in [0.15, 0.2) is 0 Å². The van der Waals surface area contributed by atoms with Crippen LogP contribution in [-0.2, 0) is 0 Å². The summed E-state index contributed by atoms with van der Waals surface area (Å²) in [5.74, 6) is 2.57. The zero-order valence-corrected chi connectivity index (χ0v) is 13.0. The maximum Gasteiger partial charge on any atom is 0.00212 e. The van der Waals surface area contributed by atoms with Crippen molar-refractivity contribution in [1.29, 1.82) is 0 Å². The number of rotatable bonds is 8. The van der Waals surface area contributed by atoms with Crippen molar-refractivity contribution in [2.75, 3.05) is 33.7 Å². The van der Waals surface area contributed by atoms with Crippen LogP contribution < -0.4 is 5.32 Å². The normalized spacial score (nSPS) is 19.7. The molecular weight excluding hydrogens is 220 g/mol. The Morgan fingerprint density at radius 3 is 2.39 bits per heavy atom. The largest absolute Gasteiger partial charge is 0.319 e. The molecule has 0 radical (unpaired) electrons. The van der Waals surface area contributed by atoms with Gasteiger partial charge in [0, 0.05) is 6.54 Å². The van der Waals surface area contributed by atoms with E-state index >= 15 is 0 Å². The summed E-state index contributed by atoms with van der Waals surface area (Å²) in [6.07, 6.45) is 8.81. The average Bonchev–Trinajstić information content (AvgIpc) is 2.37. The molecule has 0 amide bonds. The molecular formula is C16H34N2. The predicted molar refractivity (Wildman–Crippen MR) is 80.9 cm³/mol. The van der Waals surface area contributed by atoms with Crippen molar-refractivity contribution in [2.24, 2.45) is 17.8 Å². The summed E-state index contributed by atoms with van der Waals surface area (Å²) in [7, 11) is 4.37. The van der Waals surface area contributed by atoms with Gasteiger partial charge in [0.25, 0.3) is 0 Å². The third kappa shape index (κ3) is 6.19. The van der Waals surface area contributed by atoms with E-state index in [9.17, 15) is 0 Å². The van der Waals surface area contributed by atoms with E-state index < -0.39 is 0 Å². The van der Waals surface area contributed by atoms with Crippen molar-refractivity contribution in [3.8, 4) is 0 Å².